The lowest BCUT2D eigenvalue weighted by Gasteiger charge is -2.28. The summed E-state index contributed by atoms with van der Waals surface area (Å²) in [7, 11) is 1.86. The van der Waals surface area contributed by atoms with Crippen molar-refractivity contribution in [1.82, 2.24) is 4.90 Å². The lowest BCUT2D eigenvalue weighted by Crippen LogP contribution is -2.41. The van der Waals surface area contributed by atoms with E-state index in [0.717, 1.165) is 29.8 Å². The van der Waals surface area contributed by atoms with Crippen LogP contribution in [0.15, 0.2) is 54.6 Å². The standard InChI is InChI=1S/C20H22N4O/c1-22-16-9-11-17(12-10-16)23-20(25)24-13-5-8-19(24)18(14-21)15-6-3-2-4-7-15/h2-4,6-7,9-12,18-19,22H,5,8,13H2,1H3,(H,23,25). The third kappa shape index (κ3) is 3.74. The van der Waals surface area contributed by atoms with Gasteiger partial charge in [-0.2, -0.15) is 5.26 Å². The van der Waals surface area contributed by atoms with Gasteiger partial charge in [-0.3, -0.25) is 0 Å². The minimum Gasteiger partial charge on any atom is -0.388 e. The lowest BCUT2D eigenvalue weighted by molar-refractivity contribution is 0.203. The van der Waals surface area contributed by atoms with Crippen LogP contribution in [0.1, 0.15) is 24.3 Å². The molecule has 2 N–H and O–H groups in total. The predicted molar refractivity (Wildman–Crippen MR) is 99.5 cm³/mol. The van der Waals surface area contributed by atoms with Gasteiger partial charge in [0.05, 0.1) is 18.0 Å². The lowest BCUT2D eigenvalue weighted by atomic mass is 9.91. The molecule has 2 aromatic rings. The van der Waals surface area contributed by atoms with Crippen LogP contribution < -0.4 is 10.6 Å². The number of amides is 2. The van der Waals surface area contributed by atoms with Crippen LogP contribution in [0, 0.1) is 11.3 Å². The number of hydrogen-bond donors (Lipinski definition) is 2. The highest BCUT2D eigenvalue weighted by Gasteiger charge is 2.35. The molecule has 3 rings (SSSR count). The van der Waals surface area contributed by atoms with E-state index in [0.29, 0.717) is 6.54 Å². The smallest absolute Gasteiger partial charge is 0.322 e. The minimum atomic E-state index is -0.305. The molecule has 0 bridgehead atoms. The molecule has 25 heavy (non-hydrogen) atoms. The van der Waals surface area contributed by atoms with Crippen molar-refractivity contribution >= 4 is 17.4 Å². The molecule has 0 radical (unpaired) electrons. The highest BCUT2D eigenvalue weighted by Crippen LogP contribution is 2.31. The quantitative estimate of drug-likeness (QED) is 0.887. The molecule has 5 heteroatoms. The van der Waals surface area contributed by atoms with E-state index in [1.54, 1.807) is 4.90 Å². The van der Waals surface area contributed by atoms with Crippen LogP contribution >= 0.6 is 0 Å². The van der Waals surface area contributed by atoms with Crippen molar-refractivity contribution in [1.29, 1.82) is 5.26 Å². The summed E-state index contributed by atoms with van der Waals surface area (Å²) >= 11 is 0. The highest BCUT2D eigenvalue weighted by atomic mass is 16.2. The number of anilines is 2. The number of urea groups is 1. The number of nitrogens with one attached hydrogen (secondary N) is 2. The summed E-state index contributed by atoms with van der Waals surface area (Å²) in [5.74, 6) is -0.305. The first kappa shape index (κ1) is 16.8. The van der Waals surface area contributed by atoms with Crippen molar-refractivity contribution in [3.8, 4) is 6.07 Å². The molecule has 1 saturated heterocycles. The second-order valence-electron chi connectivity index (χ2n) is 6.18. The molecule has 128 valence electrons. The zero-order valence-corrected chi connectivity index (χ0v) is 14.3. The summed E-state index contributed by atoms with van der Waals surface area (Å²) < 4.78 is 0. The Kier molecular flexibility index (Phi) is 5.20. The number of nitriles is 1. The van der Waals surface area contributed by atoms with E-state index in [-0.39, 0.29) is 18.0 Å². The van der Waals surface area contributed by atoms with E-state index in [2.05, 4.69) is 16.7 Å². The number of carbonyl (C=O) groups is 1. The van der Waals surface area contributed by atoms with Gasteiger partial charge < -0.3 is 15.5 Å². The van der Waals surface area contributed by atoms with Gasteiger partial charge in [-0.25, -0.2) is 4.79 Å². The van der Waals surface area contributed by atoms with Gasteiger partial charge in [0, 0.05) is 25.0 Å². The van der Waals surface area contributed by atoms with E-state index in [1.807, 2.05) is 61.6 Å². The molecule has 1 aliphatic heterocycles. The molecule has 0 aromatic heterocycles. The van der Waals surface area contributed by atoms with Crippen molar-refractivity contribution in [3.05, 3.63) is 60.2 Å². The summed E-state index contributed by atoms with van der Waals surface area (Å²) in [5.41, 5.74) is 2.71. The fourth-order valence-corrected chi connectivity index (χ4v) is 3.35. The number of nitrogens with zero attached hydrogens (tertiary/aromatic N) is 2. The van der Waals surface area contributed by atoms with E-state index < -0.39 is 0 Å². The Bertz CT molecular complexity index is 752. The van der Waals surface area contributed by atoms with Gasteiger partial charge in [0.2, 0.25) is 0 Å². The first-order chi connectivity index (χ1) is 12.2. The molecule has 0 saturated carbocycles. The number of benzene rings is 2. The number of rotatable bonds is 4. The second kappa shape index (κ2) is 7.71. The minimum absolute atomic E-state index is 0.0935. The Balaban J connectivity index is 1.73. The largest absolute Gasteiger partial charge is 0.388 e. The van der Waals surface area contributed by atoms with E-state index in [4.69, 9.17) is 0 Å². The summed E-state index contributed by atoms with van der Waals surface area (Å²) in [4.78, 5) is 14.5. The monoisotopic (exact) mass is 334 g/mol. The molecule has 1 heterocycles. The van der Waals surface area contributed by atoms with Gasteiger partial charge in [0.1, 0.15) is 0 Å². The maximum atomic E-state index is 12.7. The molecule has 1 fully saturated rings. The van der Waals surface area contributed by atoms with Gasteiger partial charge in [0.25, 0.3) is 0 Å². The Morgan fingerprint density at radius 1 is 1.16 bits per heavy atom. The van der Waals surface area contributed by atoms with Gasteiger partial charge in [-0.1, -0.05) is 30.3 Å². The summed E-state index contributed by atoms with van der Waals surface area (Å²) in [6.07, 6.45) is 1.76. The molecule has 0 spiro atoms. The molecular weight excluding hydrogens is 312 g/mol. The molecule has 2 unspecified atom stereocenters. The van der Waals surface area contributed by atoms with Gasteiger partial charge in [-0.15, -0.1) is 0 Å². The molecule has 1 aliphatic rings. The average molecular weight is 334 g/mol. The fourth-order valence-electron chi connectivity index (χ4n) is 3.35. The Morgan fingerprint density at radius 3 is 2.48 bits per heavy atom. The van der Waals surface area contributed by atoms with Gasteiger partial charge >= 0.3 is 6.03 Å². The Hall–Kier alpha value is -3.00. The summed E-state index contributed by atoms with van der Waals surface area (Å²) in [6, 6.07) is 19.4. The van der Waals surface area contributed by atoms with E-state index in [9.17, 15) is 10.1 Å². The first-order valence-corrected chi connectivity index (χ1v) is 8.53. The van der Waals surface area contributed by atoms with Gasteiger partial charge in [-0.05, 0) is 42.7 Å². The third-order valence-electron chi connectivity index (χ3n) is 4.67. The molecular formula is C20H22N4O. The average Bonchev–Trinajstić information content (AvgIpc) is 3.13. The topological polar surface area (TPSA) is 68.2 Å². The molecule has 0 aliphatic carbocycles. The number of hydrogen-bond acceptors (Lipinski definition) is 3. The van der Waals surface area contributed by atoms with Crippen molar-refractivity contribution in [3.63, 3.8) is 0 Å². The molecule has 5 nitrogen and oxygen atoms in total. The van der Waals surface area contributed by atoms with Crippen molar-refractivity contribution in [2.45, 2.75) is 24.8 Å². The van der Waals surface area contributed by atoms with Crippen LogP contribution in [-0.2, 0) is 0 Å². The second-order valence-corrected chi connectivity index (χ2v) is 6.18. The van der Waals surface area contributed by atoms with Crippen LogP contribution in [0.4, 0.5) is 16.2 Å². The normalized spacial score (nSPS) is 17.6. The van der Waals surface area contributed by atoms with Crippen LogP contribution in [0.3, 0.4) is 0 Å². The molecule has 2 atom stereocenters. The van der Waals surface area contributed by atoms with Gasteiger partial charge in [0.15, 0.2) is 0 Å². The van der Waals surface area contributed by atoms with Crippen molar-refractivity contribution < 1.29 is 4.79 Å². The number of carbonyl (C=O) groups excluding carboxylic acids is 1. The van der Waals surface area contributed by atoms with Crippen molar-refractivity contribution in [2.24, 2.45) is 0 Å². The predicted octanol–water partition coefficient (Wildman–Crippen LogP) is 4.03. The number of likely N-dealkylation sites (tertiary alicyclic amines) is 1. The Morgan fingerprint density at radius 2 is 1.84 bits per heavy atom. The Labute approximate surface area is 148 Å². The van der Waals surface area contributed by atoms with E-state index in [1.165, 1.54) is 0 Å². The van der Waals surface area contributed by atoms with E-state index >= 15 is 0 Å². The van der Waals surface area contributed by atoms with Crippen LogP contribution in [0.2, 0.25) is 0 Å². The van der Waals surface area contributed by atoms with Crippen molar-refractivity contribution in [2.75, 3.05) is 24.2 Å². The zero-order chi connectivity index (χ0) is 17.6. The third-order valence-corrected chi connectivity index (χ3v) is 4.67. The maximum Gasteiger partial charge on any atom is 0.322 e. The summed E-state index contributed by atoms with van der Waals surface area (Å²) in [5, 5.41) is 15.7. The highest BCUT2D eigenvalue weighted by molar-refractivity contribution is 5.90. The first-order valence-electron chi connectivity index (χ1n) is 8.53. The summed E-state index contributed by atoms with van der Waals surface area (Å²) in [6.45, 7) is 0.677. The molecule has 2 aromatic carbocycles. The fraction of sp³-hybridized carbons (Fsp3) is 0.300. The zero-order valence-electron chi connectivity index (χ0n) is 14.3. The maximum absolute atomic E-state index is 12.7. The van der Waals surface area contributed by atoms with Crippen LogP contribution in [-0.4, -0.2) is 30.6 Å². The van der Waals surface area contributed by atoms with Crippen LogP contribution in [0.25, 0.3) is 0 Å². The van der Waals surface area contributed by atoms with Crippen LogP contribution in [0.5, 0.6) is 0 Å². The molecule has 2 amide bonds. The SMILES string of the molecule is CNc1ccc(NC(=O)N2CCCC2C(C#N)c2ccccc2)cc1.